The Morgan fingerprint density at radius 3 is 2.44 bits per heavy atom. The Morgan fingerprint density at radius 1 is 1.33 bits per heavy atom. The first-order chi connectivity index (χ1) is 8.43. The number of methoxy groups -OCH3 is 1. The first-order valence-corrected chi connectivity index (χ1v) is 6.23. The van der Waals surface area contributed by atoms with E-state index in [4.69, 9.17) is 10.00 Å². The Kier molecular flexibility index (Phi) is 4.74. The Morgan fingerprint density at radius 2 is 1.94 bits per heavy atom. The van der Waals surface area contributed by atoms with Crippen molar-refractivity contribution in [1.82, 2.24) is 0 Å². The molecular weight excluding hydrogens is 296 g/mol. The second-order valence-electron chi connectivity index (χ2n) is 3.98. The summed E-state index contributed by atoms with van der Waals surface area (Å²) in [6.45, 7) is 5.80. The molecule has 4 nitrogen and oxygen atoms in total. The number of amides is 1. The quantitative estimate of drug-likeness (QED) is 0.932. The van der Waals surface area contributed by atoms with E-state index in [1.165, 1.54) is 0 Å². The van der Waals surface area contributed by atoms with Crippen LogP contribution >= 0.6 is 15.9 Å². The fourth-order valence-electron chi connectivity index (χ4n) is 1.74. The van der Waals surface area contributed by atoms with Gasteiger partial charge in [-0.15, -0.1) is 0 Å². The Hall–Kier alpha value is -1.54. The number of nitrogens with one attached hydrogen (secondary N) is 1. The molecule has 0 spiro atoms. The number of ether oxygens (including phenoxy) is 1. The van der Waals surface area contributed by atoms with E-state index >= 15 is 0 Å². The van der Waals surface area contributed by atoms with Crippen LogP contribution in [0, 0.1) is 32.1 Å². The lowest BCUT2D eigenvalue weighted by molar-refractivity contribution is -0.115. The van der Waals surface area contributed by atoms with Crippen LogP contribution in [0.2, 0.25) is 0 Å². The highest BCUT2D eigenvalue weighted by atomic mass is 79.9. The van der Waals surface area contributed by atoms with Gasteiger partial charge in [0.25, 0.3) is 0 Å². The number of carbonyl (C=O) groups excluding carboxylic acids is 1. The molecule has 1 aromatic rings. The summed E-state index contributed by atoms with van der Waals surface area (Å²) in [5, 5.41) is 11.2. The van der Waals surface area contributed by atoms with Crippen LogP contribution in [0.3, 0.4) is 0 Å². The minimum absolute atomic E-state index is 0.173. The molecule has 5 heteroatoms. The van der Waals surface area contributed by atoms with Crippen LogP contribution < -0.4 is 10.1 Å². The number of nitrogens with zero attached hydrogens (tertiary/aromatic N) is 1. The molecular formula is C13H15BrN2O2. The van der Waals surface area contributed by atoms with E-state index in [0.717, 1.165) is 21.2 Å². The minimum atomic E-state index is -0.339. The maximum Gasteiger partial charge on any atom is 0.238 e. The van der Waals surface area contributed by atoms with Gasteiger partial charge < -0.3 is 10.1 Å². The second kappa shape index (κ2) is 5.87. The predicted molar refractivity (Wildman–Crippen MR) is 73.8 cm³/mol. The summed E-state index contributed by atoms with van der Waals surface area (Å²) >= 11 is 3.50. The summed E-state index contributed by atoms with van der Waals surface area (Å²) in [7, 11) is 1.56. The van der Waals surface area contributed by atoms with Crippen molar-refractivity contribution in [3.63, 3.8) is 0 Å². The van der Waals surface area contributed by atoms with Gasteiger partial charge in [0.2, 0.25) is 5.91 Å². The Bertz CT molecular complexity index is 533. The molecule has 0 bridgehead atoms. The standard InChI is InChI=1S/C13H15BrN2O2/c1-7-8(2)13(18-4)12(9(3)11(7)14)16-10(17)5-6-15/h5H2,1-4H3,(H,16,17). The van der Waals surface area contributed by atoms with Gasteiger partial charge in [-0.1, -0.05) is 15.9 Å². The minimum Gasteiger partial charge on any atom is -0.494 e. The molecule has 0 aliphatic heterocycles. The van der Waals surface area contributed by atoms with Gasteiger partial charge in [-0.05, 0) is 37.5 Å². The number of anilines is 1. The van der Waals surface area contributed by atoms with E-state index in [1.54, 1.807) is 7.11 Å². The van der Waals surface area contributed by atoms with E-state index in [-0.39, 0.29) is 12.3 Å². The van der Waals surface area contributed by atoms with Crippen LogP contribution in [0.15, 0.2) is 4.47 Å². The average molecular weight is 311 g/mol. The molecule has 0 aliphatic carbocycles. The lowest BCUT2D eigenvalue weighted by Gasteiger charge is -2.18. The third-order valence-corrected chi connectivity index (χ3v) is 4.06. The van der Waals surface area contributed by atoms with Gasteiger partial charge in [0.15, 0.2) is 0 Å². The van der Waals surface area contributed by atoms with Gasteiger partial charge in [-0.3, -0.25) is 4.79 Å². The van der Waals surface area contributed by atoms with Crippen LogP contribution in [0.25, 0.3) is 0 Å². The van der Waals surface area contributed by atoms with Crippen molar-refractivity contribution < 1.29 is 9.53 Å². The highest BCUT2D eigenvalue weighted by Crippen LogP contribution is 2.39. The molecule has 0 heterocycles. The first kappa shape index (κ1) is 14.5. The van der Waals surface area contributed by atoms with Crippen molar-refractivity contribution in [1.29, 1.82) is 5.26 Å². The molecule has 1 rings (SSSR count). The van der Waals surface area contributed by atoms with Crippen LogP contribution in [-0.2, 0) is 4.79 Å². The summed E-state index contributed by atoms with van der Waals surface area (Å²) in [4.78, 5) is 11.5. The molecule has 18 heavy (non-hydrogen) atoms. The van der Waals surface area contributed by atoms with Crippen LogP contribution in [0.5, 0.6) is 5.75 Å². The largest absolute Gasteiger partial charge is 0.494 e. The number of carbonyl (C=O) groups is 1. The molecule has 0 aliphatic rings. The zero-order valence-electron chi connectivity index (χ0n) is 10.8. The van der Waals surface area contributed by atoms with Crippen molar-refractivity contribution in [2.24, 2.45) is 0 Å². The van der Waals surface area contributed by atoms with E-state index < -0.39 is 0 Å². The van der Waals surface area contributed by atoms with Crippen LogP contribution in [0.4, 0.5) is 5.69 Å². The number of hydrogen-bond donors (Lipinski definition) is 1. The summed E-state index contributed by atoms with van der Waals surface area (Å²) in [6.07, 6.45) is -0.173. The lowest BCUT2D eigenvalue weighted by Crippen LogP contribution is -2.13. The van der Waals surface area contributed by atoms with Gasteiger partial charge in [0, 0.05) is 4.47 Å². The number of rotatable bonds is 3. The van der Waals surface area contributed by atoms with Gasteiger partial charge in [-0.2, -0.15) is 5.26 Å². The smallest absolute Gasteiger partial charge is 0.238 e. The molecule has 1 aromatic carbocycles. The van der Waals surface area contributed by atoms with E-state index in [1.807, 2.05) is 26.8 Å². The topological polar surface area (TPSA) is 62.1 Å². The van der Waals surface area contributed by atoms with Crippen molar-refractivity contribution in [2.45, 2.75) is 27.2 Å². The lowest BCUT2D eigenvalue weighted by atomic mass is 10.0. The van der Waals surface area contributed by atoms with Crippen LogP contribution in [0.1, 0.15) is 23.1 Å². The number of hydrogen-bond acceptors (Lipinski definition) is 3. The molecule has 0 fully saturated rings. The average Bonchev–Trinajstić information content (AvgIpc) is 2.34. The number of halogens is 1. The van der Waals surface area contributed by atoms with E-state index in [2.05, 4.69) is 21.2 Å². The maximum atomic E-state index is 11.5. The number of nitriles is 1. The third-order valence-electron chi connectivity index (χ3n) is 2.87. The fraction of sp³-hybridized carbons (Fsp3) is 0.385. The van der Waals surface area contributed by atoms with E-state index in [0.29, 0.717) is 11.4 Å². The Balaban J connectivity index is 3.34. The molecule has 0 aromatic heterocycles. The molecule has 0 saturated carbocycles. The molecule has 0 atom stereocenters. The SMILES string of the molecule is COc1c(C)c(C)c(Br)c(C)c1NC(=O)CC#N. The molecule has 0 radical (unpaired) electrons. The molecule has 0 saturated heterocycles. The van der Waals surface area contributed by atoms with Gasteiger partial charge >= 0.3 is 0 Å². The highest BCUT2D eigenvalue weighted by molar-refractivity contribution is 9.10. The van der Waals surface area contributed by atoms with Crippen LogP contribution in [-0.4, -0.2) is 13.0 Å². The molecule has 1 amide bonds. The van der Waals surface area contributed by atoms with Crippen molar-refractivity contribution in [3.8, 4) is 11.8 Å². The molecule has 96 valence electrons. The van der Waals surface area contributed by atoms with Crippen molar-refractivity contribution in [2.75, 3.05) is 12.4 Å². The van der Waals surface area contributed by atoms with Gasteiger partial charge in [0.05, 0.1) is 18.9 Å². The second-order valence-corrected chi connectivity index (χ2v) is 4.77. The van der Waals surface area contributed by atoms with Crippen molar-refractivity contribution in [3.05, 3.63) is 21.2 Å². The van der Waals surface area contributed by atoms with Gasteiger partial charge in [0.1, 0.15) is 12.2 Å². The zero-order chi connectivity index (χ0) is 13.9. The monoisotopic (exact) mass is 310 g/mol. The van der Waals surface area contributed by atoms with E-state index in [9.17, 15) is 4.79 Å². The zero-order valence-corrected chi connectivity index (χ0v) is 12.4. The van der Waals surface area contributed by atoms with Crippen molar-refractivity contribution >= 4 is 27.5 Å². The molecule has 1 N–H and O–H groups in total. The highest BCUT2D eigenvalue weighted by Gasteiger charge is 2.18. The first-order valence-electron chi connectivity index (χ1n) is 5.44. The fourth-order valence-corrected chi connectivity index (χ4v) is 2.24. The summed E-state index contributed by atoms with van der Waals surface area (Å²) in [5.74, 6) is 0.300. The third kappa shape index (κ3) is 2.65. The molecule has 0 unspecified atom stereocenters. The summed E-state index contributed by atoms with van der Waals surface area (Å²) < 4.78 is 6.29. The Labute approximate surface area is 115 Å². The number of benzene rings is 1. The summed E-state index contributed by atoms with van der Waals surface area (Å²) in [6, 6.07) is 1.82. The maximum absolute atomic E-state index is 11.5. The normalized spacial score (nSPS) is 9.78. The van der Waals surface area contributed by atoms with Gasteiger partial charge in [-0.25, -0.2) is 0 Å². The summed E-state index contributed by atoms with van der Waals surface area (Å²) in [5.41, 5.74) is 3.54. The predicted octanol–water partition coefficient (Wildman–Crippen LogP) is 3.24.